The molecule has 0 fully saturated rings. The summed E-state index contributed by atoms with van der Waals surface area (Å²) < 4.78 is 7.88. The molecule has 0 saturated heterocycles. The molecule has 132 valence electrons. The highest BCUT2D eigenvalue weighted by Crippen LogP contribution is 2.24. The van der Waals surface area contributed by atoms with Gasteiger partial charge in [-0.1, -0.05) is 24.3 Å². The molecule has 0 aliphatic carbocycles. The summed E-state index contributed by atoms with van der Waals surface area (Å²) in [6.45, 7) is 3.14. The van der Waals surface area contributed by atoms with Crippen molar-refractivity contribution in [3.63, 3.8) is 0 Å². The Morgan fingerprint density at radius 1 is 1.08 bits per heavy atom. The number of aryl methyl sites for hydroxylation is 1. The van der Waals surface area contributed by atoms with Gasteiger partial charge in [-0.25, -0.2) is 0 Å². The van der Waals surface area contributed by atoms with E-state index in [1.54, 1.807) is 7.05 Å². The summed E-state index contributed by atoms with van der Waals surface area (Å²) in [7, 11) is 1.74. The number of hydrogen-bond donors (Lipinski definition) is 2. The highest BCUT2D eigenvalue weighted by atomic mass is 16.3. The number of aromatic nitrogens is 3. The van der Waals surface area contributed by atoms with Gasteiger partial charge >= 0.3 is 0 Å². The van der Waals surface area contributed by atoms with E-state index in [4.69, 9.17) is 4.42 Å². The molecule has 0 amide bonds. The smallest absolute Gasteiger partial charge is 0.191 e. The van der Waals surface area contributed by atoms with Crippen molar-refractivity contribution in [1.82, 2.24) is 25.2 Å². The van der Waals surface area contributed by atoms with Crippen LogP contribution >= 0.6 is 0 Å². The lowest BCUT2D eigenvalue weighted by Gasteiger charge is -2.10. The molecule has 26 heavy (non-hydrogen) atoms. The summed E-state index contributed by atoms with van der Waals surface area (Å²) in [6.07, 6.45) is 1.94. The molecule has 0 radical (unpaired) electrons. The fraction of sp³-hybridized carbons (Fsp3) is 0.211. The van der Waals surface area contributed by atoms with Gasteiger partial charge in [0.15, 0.2) is 17.4 Å². The van der Waals surface area contributed by atoms with Crippen molar-refractivity contribution in [3.8, 4) is 0 Å². The van der Waals surface area contributed by atoms with Crippen molar-refractivity contribution in [1.29, 1.82) is 0 Å². The maximum Gasteiger partial charge on any atom is 0.191 e. The van der Waals surface area contributed by atoms with Gasteiger partial charge in [-0.2, -0.15) is 0 Å². The minimum atomic E-state index is 0.518. The molecule has 0 aliphatic heterocycles. The van der Waals surface area contributed by atoms with E-state index in [2.05, 4.69) is 38.8 Å². The van der Waals surface area contributed by atoms with Crippen molar-refractivity contribution in [3.05, 3.63) is 65.8 Å². The number of furan rings is 1. The molecule has 0 aliphatic rings. The molecule has 2 N–H and O–H groups in total. The molecule has 7 nitrogen and oxygen atoms in total. The molecule has 1 aromatic carbocycles. The molecule has 0 bridgehead atoms. The normalized spacial score (nSPS) is 12.0. The Labute approximate surface area is 150 Å². The van der Waals surface area contributed by atoms with Crippen LogP contribution in [0.2, 0.25) is 0 Å². The zero-order valence-electron chi connectivity index (χ0n) is 14.7. The first-order valence-electron chi connectivity index (χ1n) is 8.46. The predicted molar refractivity (Wildman–Crippen MR) is 101 cm³/mol. The number of rotatable bonds is 4. The maximum atomic E-state index is 5.93. The Hall–Kier alpha value is -3.35. The van der Waals surface area contributed by atoms with E-state index >= 15 is 0 Å². The van der Waals surface area contributed by atoms with E-state index < -0.39 is 0 Å². The van der Waals surface area contributed by atoms with Crippen LogP contribution in [0, 0.1) is 6.92 Å². The lowest BCUT2D eigenvalue weighted by atomic mass is 10.1. The molecule has 0 atom stereocenters. The van der Waals surface area contributed by atoms with Crippen LogP contribution in [0.3, 0.4) is 0 Å². The third-order valence-electron chi connectivity index (χ3n) is 4.38. The third kappa shape index (κ3) is 2.99. The van der Waals surface area contributed by atoms with Crippen LogP contribution < -0.4 is 10.6 Å². The highest BCUT2D eigenvalue weighted by molar-refractivity contribution is 5.82. The Bertz CT molecular complexity index is 1080. The quantitative estimate of drug-likeness (QED) is 0.438. The fourth-order valence-electron chi connectivity index (χ4n) is 2.95. The van der Waals surface area contributed by atoms with Gasteiger partial charge in [-0.05, 0) is 25.1 Å². The lowest BCUT2D eigenvalue weighted by Crippen LogP contribution is -2.36. The van der Waals surface area contributed by atoms with Crippen LogP contribution in [0.5, 0.6) is 0 Å². The molecule has 7 heteroatoms. The molecule has 4 rings (SSSR count). The van der Waals surface area contributed by atoms with Gasteiger partial charge in [0.25, 0.3) is 0 Å². The van der Waals surface area contributed by atoms with E-state index in [1.165, 1.54) is 0 Å². The monoisotopic (exact) mass is 348 g/mol. The van der Waals surface area contributed by atoms with Crippen molar-refractivity contribution >= 4 is 22.6 Å². The van der Waals surface area contributed by atoms with Gasteiger partial charge in [0, 0.05) is 24.2 Å². The maximum absolute atomic E-state index is 5.93. The largest absolute Gasteiger partial charge is 0.459 e. The van der Waals surface area contributed by atoms with E-state index in [9.17, 15) is 0 Å². The summed E-state index contributed by atoms with van der Waals surface area (Å²) >= 11 is 0. The van der Waals surface area contributed by atoms with E-state index in [1.807, 2.05) is 47.0 Å². The Balaban J connectivity index is 1.42. The van der Waals surface area contributed by atoms with E-state index in [0.29, 0.717) is 19.0 Å². The zero-order chi connectivity index (χ0) is 17.9. The lowest BCUT2D eigenvalue weighted by molar-refractivity contribution is 0.534. The standard InChI is InChI=1S/C19H20N6O/c1-13-14-7-3-4-8-15(14)26-16(13)11-21-19(20-2)22-12-18-24-23-17-9-5-6-10-25(17)18/h3-10H,11-12H2,1-2H3,(H2,20,21,22). The van der Waals surface area contributed by atoms with Crippen LogP contribution in [-0.4, -0.2) is 27.6 Å². The number of nitrogens with zero attached hydrogens (tertiary/aromatic N) is 4. The van der Waals surface area contributed by atoms with Crippen LogP contribution in [0.25, 0.3) is 16.6 Å². The third-order valence-corrected chi connectivity index (χ3v) is 4.38. The van der Waals surface area contributed by atoms with Gasteiger partial charge in [0.2, 0.25) is 0 Å². The average molecular weight is 348 g/mol. The molecule has 4 aromatic rings. The average Bonchev–Trinajstić information content (AvgIpc) is 3.24. The number of hydrogen-bond acceptors (Lipinski definition) is 4. The molecule has 3 aromatic heterocycles. The van der Waals surface area contributed by atoms with Crippen LogP contribution in [0.1, 0.15) is 17.1 Å². The number of aliphatic imine (C=N–C) groups is 1. The highest BCUT2D eigenvalue weighted by Gasteiger charge is 2.11. The predicted octanol–water partition coefficient (Wildman–Crippen LogP) is 2.65. The SMILES string of the molecule is CN=C(NCc1oc2ccccc2c1C)NCc1nnc2ccccn12. The number of fused-ring (bicyclic) bond motifs is 2. The van der Waals surface area contributed by atoms with Gasteiger partial charge in [-0.3, -0.25) is 9.39 Å². The van der Waals surface area contributed by atoms with Crippen molar-refractivity contribution < 1.29 is 4.42 Å². The first-order chi connectivity index (χ1) is 12.8. The molecular formula is C19H20N6O. The number of nitrogens with one attached hydrogen (secondary N) is 2. The Kier molecular flexibility index (Phi) is 4.27. The zero-order valence-corrected chi connectivity index (χ0v) is 14.7. The van der Waals surface area contributed by atoms with Crippen LogP contribution in [0.15, 0.2) is 58.1 Å². The summed E-state index contributed by atoms with van der Waals surface area (Å²) in [5.74, 6) is 2.41. The summed E-state index contributed by atoms with van der Waals surface area (Å²) in [4.78, 5) is 4.26. The second-order valence-electron chi connectivity index (χ2n) is 5.97. The molecule has 0 unspecified atom stereocenters. The first-order valence-corrected chi connectivity index (χ1v) is 8.46. The molecule has 0 saturated carbocycles. The van der Waals surface area contributed by atoms with Crippen molar-refractivity contribution in [2.75, 3.05) is 7.05 Å². The number of pyridine rings is 1. The fourth-order valence-corrected chi connectivity index (χ4v) is 2.95. The van der Waals surface area contributed by atoms with Gasteiger partial charge in [0.1, 0.15) is 11.3 Å². The summed E-state index contributed by atoms with van der Waals surface area (Å²) in [5, 5.41) is 16.0. The van der Waals surface area contributed by atoms with Crippen LogP contribution in [0.4, 0.5) is 0 Å². The van der Waals surface area contributed by atoms with E-state index in [0.717, 1.165) is 33.8 Å². The topological polar surface area (TPSA) is 79.8 Å². The van der Waals surface area contributed by atoms with Crippen LogP contribution in [-0.2, 0) is 13.1 Å². The number of para-hydroxylation sites is 1. The molecule has 3 heterocycles. The second kappa shape index (κ2) is 6.87. The Morgan fingerprint density at radius 2 is 1.88 bits per heavy atom. The summed E-state index contributed by atoms with van der Waals surface area (Å²) in [5.41, 5.74) is 2.87. The van der Waals surface area contributed by atoms with Gasteiger partial charge in [-0.15, -0.1) is 10.2 Å². The van der Waals surface area contributed by atoms with Gasteiger partial charge in [0.05, 0.1) is 13.1 Å². The Morgan fingerprint density at radius 3 is 2.73 bits per heavy atom. The van der Waals surface area contributed by atoms with Gasteiger partial charge < -0.3 is 15.1 Å². The molecular weight excluding hydrogens is 328 g/mol. The summed E-state index contributed by atoms with van der Waals surface area (Å²) in [6, 6.07) is 13.9. The second-order valence-corrected chi connectivity index (χ2v) is 5.97. The number of benzene rings is 1. The van der Waals surface area contributed by atoms with E-state index in [-0.39, 0.29) is 0 Å². The molecule has 0 spiro atoms. The first kappa shape index (κ1) is 16.1. The minimum absolute atomic E-state index is 0.518. The minimum Gasteiger partial charge on any atom is -0.459 e. The van der Waals surface area contributed by atoms with Crippen molar-refractivity contribution in [2.24, 2.45) is 4.99 Å². The van der Waals surface area contributed by atoms with Crippen molar-refractivity contribution in [2.45, 2.75) is 20.0 Å². The number of guanidine groups is 1.